The van der Waals surface area contributed by atoms with E-state index in [9.17, 15) is 4.79 Å². The SMILES string of the molecule is Cc1ccc(C(=O)N2CCCN(Cc3ccccc3C)CC2)cn1. The zero-order valence-electron chi connectivity index (χ0n) is 14.5. The Bertz CT molecular complexity index is 696. The molecule has 4 heteroatoms. The zero-order valence-corrected chi connectivity index (χ0v) is 14.5. The summed E-state index contributed by atoms with van der Waals surface area (Å²) >= 11 is 0. The van der Waals surface area contributed by atoms with Crippen LogP contribution in [0.4, 0.5) is 0 Å². The van der Waals surface area contributed by atoms with Crippen LogP contribution in [0.25, 0.3) is 0 Å². The van der Waals surface area contributed by atoms with Gasteiger partial charge >= 0.3 is 0 Å². The van der Waals surface area contributed by atoms with Gasteiger partial charge < -0.3 is 4.90 Å². The Morgan fingerprint density at radius 3 is 2.62 bits per heavy atom. The van der Waals surface area contributed by atoms with E-state index in [1.807, 2.05) is 24.0 Å². The van der Waals surface area contributed by atoms with Crippen molar-refractivity contribution < 1.29 is 4.79 Å². The summed E-state index contributed by atoms with van der Waals surface area (Å²) in [4.78, 5) is 21.3. The van der Waals surface area contributed by atoms with Crippen molar-refractivity contribution in [1.82, 2.24) is 14.8 Å². The number of hydrogen-bond donors (Lipinski definition) is 0. The average molecular weight is 323 g/mol. The second-order valence-corrected chi connectivity index (χ2v) is 6.54. The van der Waals surface area contributed by atoms with E-state index in [0.29, 0.717) is 5.56 Å². The maximum Gasteiger partial charge on any atom is 0.255 e. The van der Waals surface area contributed by atoms with Gasteiger partial charge in [-0.15, -0.1) is 0 Å². The van der Waals surface area contributed by atoms with Crippen molar-refractivity contribution in [3.8, 4) is 0 Å². The molecule has 1 aliphatic rings. The summed E-state index contributed by atoms with van der Waals surface area (Å²) in [6, 6.07) is 12.3. The first-order valence-electron chi connectivity index (χ1n) is 8.62. The predicted octanol–water partition coefficient (Wildman–Crippen LogP) is 3.05. The molecule has 0 saturated carbocycles. The van der Waals surface area contributed by atoms with E-state index in [1.54, 1.807) is 6.20 Å². The van der Waals surface area contributed by atoms with Crippen molar-refractivity contribution in [3.63, 3.8) is 0 Å². The average Bonchev–Trinajstić information content (AvgIpc) is 2.83. The van der Waals surface area contributed by atoms with Crippen LogP contribution < -0.4 is 0 Å². The van der Waals surface area contributed by atoms with E-state index in [4.69, 9.17) is 0 Å². The lowest BCUT2D eigenvalue weighted by atomic mass is 10.1. The molecule has 126 valence electrons. The van der Waals surface area contributed by atoms with Crippen LogP contribution in [0.3, 0.4) is 0 Å². The van der Waals surface area contributed by atoms with Crippen LogP contribution in [0.5, 0.6) is 0 Å². The molecule has 1 aromatic heterocycles. The molecule has 1 fully saturated rings. The van der Waals surface area contributed by atoms with E-state index in [1.165, 1.54) is 11.1 Å². The number of nitrogens with zero attached hydrogens (tertiary/aromatic N) is 3. The number of carbonyl (C=O) groups excluding carboxylic acids is 1. The van der Waals surface area contributed by atoms with Gasteiger partial charge in [-0.25, -0.2) is 0 Å². The Morgan fingerprint density at radius 2 is 1.88 bits per heavy atom. The predicted molar refractivity (Wildman–Crippen MR) is 96.0 cm³/mol. The first-order chi connectivity index (χ1) is 11.6. The second kappa shape index (κ2) is 7.58. The maximum atomic E-state index is 12.7. The van der Waals surface area contributed by atoms with Gasteiger partial charge in [-0.3, -0.25) is 14.7 Å². The van der Waals surface area contributed by atoms with Crippen LogP contribution >= 0.6 is 0 Å². The van der Waals surface area contributed by atoms with Crippen molar-refractivity contribution >= 4 is 5.91 Å². The number of aromatic nitrogens is 1. The molecule has 1 amide bonds. The minimum atomic E-state index is 0.0974. The highest BCUT2D eigenvalue weighted by Gasteiger charge is 2.20. The molecule has 0 atom stereocenters. The third-order valence-electron chi connectivity index (χ3n) is 4.69. The maximum absolute atomic E-state index is 12.7. The number of hydrogen-bond acceptors (Lipinski definition) is 3. The smallest absolute Gasteiger partial charge is 0.255 e. The van der Waals surface area contributed by atoms with Gasteiger partial charge in [0.1, 0.15) is 0 Å². The molecule has 0 radical (unpaired) electrons. The second-order valence-electron chi connectivity index (χ2n) is 6.54. The summed E-state index contributed by atoms with van der Waals surface area (Å²) in [5.74, 6) is 0.0974. The molecule has 0 N–H and O–H groups in total. The lowest BCUT2D eigenvalue weighted by molar-refractivity contribution is 0.0760. The third-order valence-corrected chi connectivity index (χ3v) is 4.69. The Labute approximate surface area is 144 Å². The normalized spacial score (nSPS) is 16.0. The van der Waals surface area contributed by atoms with Gasteiger partial charge in [-0.05, 0) is 43.5 Å². The lowest BCUT2D eigenvalue weighted by Crippen LogP contribution is -2.35. The van der Waals surface area contributed by atoms with Gasteiger partial charge in [0, 0.05) is 44.6 Å². The van der Waals surface area contributed by atoms with E-state index >= 15 is 0 Å². The van der Waals surface area contributed by atoms with Gasteiger partial charge in [-0.1, -0.05) is 24.3 Å². The van der Waals surface area contributed by atoms with Crippen molar-refractivity contribution in [1.29, 1.82) is 0 Å². The Kier molecular flexibility index (Phi) is 5.26. The highest BCUT2D eigenvalue weighted by atomic mass is 16.2. The third kappa shape index (κ3) is 4.01. The molecule has 0 spiro atoms. The number of pyridine rings is 1. The van der Waals surface area contributed by atoms with Gasteiger partial charge in [0.25, 0.3) is 5.91 Å². The molecule has 3 rings (SSSR count). The van der Waals surface area contributed by atoms with Crippen LogP contribution in [0.1, 0.15) is 33.6 Å². The largest absolute Gasteiger partial charge is 0.337 e. The van der Waals surface area contributed by atoms with Crippen molar-refractivity contribution in [3.05, 3.63) is 65.0 Å². The van der Waals surface area contributed by atoms with E-state index in [-0.39, 0.29) is 5.91 Å². The molecule has 2 heterocycles. The first kappa shape index (κ1) is 16.7. The van der Waals surface area contributed by atoms with Crippen LogP contribution in [0.15, 0.2) is 42.6 Å². The highest BCUT2D eigenvalue weighted by molar-refractivity contribution is 5.93. The summed E-state index contributed by atoms with van der Waals surface area (Å²) in [5.41, 5.74) is 4.33. The fourth-order valence-electron chi connectivity index (χ4n) is 3.14. The van der Waals surface area contributed by atoms with Crippen LogP contribution in [-0.2, 0) is 6.54 Å². The quantitative estimate of drug-likeness (QED) is 0.871. The fourth-order valence-corrected chi connectivity index (χ4v) is 3.14. The van der Waals surface area contributed by atoms with Crippen LogP contribution in [0, 0.1) is 13.8 Å². The number of carbonyl (C=O) groups is 1. The van der Waals surface area contributed by atoms with E-state index < -0.39 is 0 Å². The topological polar surface area (TPSA) is 36.4 Å². The zero-order chi connectivity index (χ0) is 16.9. The lowest BCUT2D eigenvalue weighted by Gasteiger charge is -2.22. The first-order valence-corrected chi connectivity index (χ1v) is 8.62. The van der Waals surface area contributed by atoms with E-state index in [0.717, 1.165) is 44.8 Å². The monoisotopic (exact) mass is 323 g/mol. The van der Waals surface area contributed by atoms with Crippen molar-refractivity contribution in [2.45, 2.75) is 26.8 Å². The summed E-state index contributed by atoms with van der Waals surface area (Å²) < 4.78 is 0. The van der Waals surface area contributed by atoms with Crippen molar-refractivity contribution in [2.24, 2.45) is 0 Å². The van der Waals surface area contributed by atoms with Crippen LogP contribution in [-0.4, -0.2) is 46.9 Å². The van der Waals surface area contributed by atoms with Crippen molar-refractivity contribution in [2.75, 3.05) is 26.2 Å². The molecular formula is C20H25N3O. The molecule has 0 unspecified atom stereocenters. The molecular weight excluding hydrogens is 298 g/mol. The minimum Gasteiger partial charge on any atom is -0.337 e. The summed E-state index contributed by atoms with van der Waals surface area (Å²) in [6.45, 7) is 8.59. The molecule has 1 aromatic carbocycles. The van der Waals surface area contributed by atoms with Gasteiger partial charge in [0.05, 0.1) is 5.56 Å². The van der Waals surface area contributed by atoms with Crippen LogP contribution in [0.2, 0.25) is 0 Å². The highest BCUT2D eigenvalue weighted by Crippen LogP contribution is 2.14. The molecule has 24 heavy (non-hydrogen) atoms. The summed E-state index contributed by atoms with van der Waals surface area (Å²) in [6.07, 6.45) is 2.70. The molecule has 0 bridgehead atoms. The molecule has 1 saturated heterocycles. The molecule has 1 aliphatic heterocycles. The summed E-state index contributed by atoms with van der Waals surface area (Å²) in [7, 11) is 0. The number of aryl methyl sites for hydroxylation is 2. The Morgan fingerprint density at radius 1 is 1.04 bits per heavy atom. The number of benzene rings is 1. The summed E-state index contributed by atoms with van der Waals surface area (Å²) in [5, 5.41) is 0. The van der Waals surface area contributed by atoms with Gasteiger partial charge in [0.2, 0.25) is 0 Å². The van der Waals surface area contributed by atoms with Gasteiger partial charge in [0.15, 0.2) is 0 Å². The standard InChI is InChI=1S/C20H25N3O/c1-16-6-3-4-7-19(16)15-22-10-5-11-23(13-12-22)20(24)18-9-8-17(2)21-14-18/h3-4,6-9,14H,5,10-13,15H2,1-2H3. The minimum absolute atomic E-state index is 0.0974. The number of rotatable bonds is 3. The molecule has 0 aliphatic carbocycles. The van der Waals surface area contributed by atoms with E-state index in [2.05, 4.69) is 41.1 Å². The molecule has 4 nitrogen and oxygen atoms in total. The Balaban J connectivity index is 1.61. The van der Waals surface area contributed by atoms with Gasteiger partial charge in [-0.2, -0.15) is 0 Å². The Hall–Kier alpha value is -2.20. The number of amides is 1. The molecule has 2 aromatic rings. The fraction of sp³-hybridized carbons (Fsp3) is 0.400.